The van der Waals surface area contributed by atoms with E-state index in [9.17, 15) is 0 Å². The first-order valence-electron chi connectivity index (χ1n) is 6.97. The van der Waals surface area contributed by atoms with Crippen molar-refractivity contribution in [1.82, 2.24) is 10.1 Å². The van der Waals surface area contributed by atoms with Crippen LogP contribution in [0.5, 0.6) is 11.5 Å². The Balaban J connectivity index is 2.17. The highest BCUT2D eigenvalue weighted by molar-refractivity contribution is 9.10. The van der Waals surface area contributed by atoms with Gasteiger partial charge in [0.15, 0.2) is 11.5 Å². The van der Waals surface area contributed by atoms with Crippen LogP contribution >= 0.6 is 15.9 Å². The third kappa shape index (κ3) is 3.44. The zero-order valence-corrected chi connectivity index (χ0v) is 15.2. The molecule has 1 aromatic carbocycles. The summed E-state index contributed by atoms with van der Waals surface area (Å²) < 4.78 is 16.9. The third-order valence-electron chi connectivity index (χ3n) is 3.61. The van der Waals surface area contributed by atoms with Gasteiger partial charge in [-0.3, -0.25) is 4.90 Å². The van der Waals surface area contributed by atoms with E-state index in [0.717, 1.165) is 40.1 Å². The number of benzene rings is 1. The molecule has 0 aliphatic heterocycles. The molecule has 22 heavy (non-hydrogen) atoms. The molecule has 6 heteroatoms. The molecule has 2 rings (SSSR count). The Morgan fingerprint density at radius 3 is 2.45 bits per heavy atom. The maximum atomic E-state index is 5.42. The average molecular weight is 369 g/mol. The van der Waals surface area contributed by atoms with Crippen LogP contribution in [0.25, 0.3) is 0 Å². The molecule has 0 aliphatic carbocycles. The molecule has 2 aromatic rings. The number of hydrogen-bond acceptors (Lipinski definition) is 5. The summed E-state index contributed by atoms with van der Waals surface area (Å²) in [5, 5.41) is 4.00. The van der Waals surface area contributed by atoms with Gasteiger partial charge in [0, 0.05) is 18.7 Å². The Morgan fingerprint density at radius 2 is 1.91 bits per heavy atom. The standard InChI is InChI=1S/C16H21BrN2O3/c1-10-13(11(2)22-18-10)9-19(3)8-12-6-7-14(20-4)16(21-5)15(12)17/h6-7H,8-9H2,1-5H3. The van der Waals surface area contributed by atoms with Gasteiger partial charge in [-0.1, -0.05) is 11.2 Å². The maximum absolute atomic E-state index is 5.42. The van der Waals surface area contributed by atoms with E-state index in [1.165, 1.54) is 0 Å². The van der Waals surface area contributed by atoms with E-state index in [-0.39, 0.29) is 0 Å². The Labute approximate surface area is 139 Å². The number of hydrogen-bond donors (Lipinski definition) is 0. The van der Waals surface area contributed by atoms with E-state index < -0.39 is 0 Å². The van der Waals surface area contributed by atoms with Crippen LogP contribution in [0.2, 0.25) is 0 Å². The van der Waals surface area contributed by atoms with Crippen LogP contribution in [-0.4, -0.2) is 31.3 Å². The largest absolute Gasteiger partial charge is 0.493 e. The van der Waals surface area contributed by atoms with Crippen molar-refractivity contribution in [2.24, 2.45) is 0 Å². The second-order valence-electron chi connectivity index (χ2n) is 5.25. The summed E-state index contributed by atoms with van der Waals surface area (Å²) in [6.45, 7) is 5.45. The van der Waals surface area contributed by atoms with Crippen LogP contribution in [0, 0.1) is 13.8 Å². The molecule has 0 unspecified atom stereocenters. The molecular weight excluding hydrogens is 348 g/mol. The van der Waals surface area contributed by atoms with Gasteiger partial charge in [-0.05, 0) is 48.5 Å². The zero-order valence-electron chi connectivity index (χ0n) is 13.6. The first kappa shape index (κ1) is 16.8. The molecule has 0 N–H and O–H groups in total. The van der Waals surface area contributed by atoms with E-state index >= 15 is 0 Å². The number of ether oxygens (including phenoxy) is 2. The molecule has 0 atom stereocenters. The van der Waals surface area contributed by atoms with Crippen molar-refractivity contribution >= 4 is 15.9 Å². The highest BCUT2D eigenvalue weighted by Crippen LogP contribution is 2.38. The Morgan fingerprint density at radius 1 is 1.18 bits per heavy atom. The molecule has 1 aromatic heterocycles. The van der Waals surface area contributed by atoms with Crippen LogP contribution in [-0.2, 0) is 13.1 Å². The van der Waals surface area contributed by atoms with Crippen LogP contribution in [0.3, 0.4) is 0 Å². The number of rotatable bonds is 6. The van der Waals surface area contributed by atoms with Crippen LogP contribution < -0.4 is 9.47 Å². The number of methoxy groups -OCH3 is 2. The van der Waals surface area contributed by atoms with Gasteiger partial charge in [-0.15, -0.1) is 0 Å². The minimum Gasteiger partial charge on any atom is -0.493 e. The normalized spacial score (nSPS) is 11.0. The Bertz CT molecular complexity index is 636. The number of aryl methyl sites for hydroxylation is 2. The van der Waals surface area contributed by atoms with Crippen molar-refractivity contribution in [2.45, 2.75) is 26.9 Å². The summed E-state index contributed by atoms with van der Waals surface area (Å²) >= 11 is 3.61. The van der Waals surface area contributed by atoms with Crippen molar-refractivity contribution in [2.75, 3.05) is 21.3 Å². The second kappa shape index (κ2) is 7.15. The van der Waals surface area contributed by atoms with Gasteiger partial charge in [0.1, 0.15) is 5.76 Å². The second-order valence-corrected chi connectivity index (χ2v) is 6.04. The van der Waals surface area contributed by atoms with Crippen molar-refractivity contribution in [3.05, 3.63) is 39.2 Å². The third-order valence-corrected chi connectivity index (χ3v) is 4.48. The minimum atomic E-state index is 0.714. The van der Waals surface area contributed by atoms with Crippen LogP contribution in [0.1, 0.15) is 22.6 Å². The molecule has 0 saturated heterocycles. The number of halogens is 1. The molecule has 0 radical (unpaired) electrons. The summed E-state index contributed by atoms with van der Waals surface area (Å²) in [5.41, 5.74) is 3.21. The first-order chi connectivity index (χ1) is 10.5. The highest BCUT2D eigenvalue weighted by atomic mass is 79.9. The fraction of sp³-hybridized carbons (Fsp3) is 0.438. The fourth-order valence-corrected chi connectivity index (χ4v) is 3.01. The molecule has 5 nitrogen and oxygen atoms in total. The summed E-state index contributed by atoms with van der Waals surface area (Å²) in [7, 11) is 5.34. The topological polar surface area (TPSA) is 47.7 Å². The smallest absolute Gasteiger partial charge is 0.175 e. The highest BCUT2D eigenvalue weighted by Gasteiger charge is 2.16. The average Bonchev–Trinajstić information content (AvgIpc) is 2.81. The maximum Gasteiger partial charge on any atom is 0.175 e. The van der Waals surface area contributed by atoms with Gasteiger partial charge >= 0.3 is 0 Å². The predicted octanol–water partition coefficient (Wildman–Crippen LogP) is 3.70. The zero-order chi connectivity index (χ0) is 16.3. The van der Waals surface area contributed by atoms with Gasteiger partial charge in [-0.25, -0.2) is 0 Å². The summed E-state index contributed by atoms with van der Waals surface area (Å²) in [4.78, 5) is 2.21. The van der Waals surface area contributed by atoms with Gasteiger partial charge < -0.3 is 14.0 Å². The molecule has 0 saturated carbocycles. The molecule has 1 heterocycles. The minimum absolute atomic E-state index is 0.714. The van der Waals surface area contributed by atoms with Gasteiger partial charge in [0.25, 0.3) is 0 Å². The van der Waals surface area contributed by atoms with Gasteiger partial charge in [0.2, 0.25) is 0 Å². The quantitative estimate of drug-likeness (QED) is 0.777. The molecule has 0 bridgehead atoms. The Kier molecular flexibility index (Phi) is 5.47. The van der Waals surface area contributed by atoms with Crippen molar-refractivity contribution in [3.63, 3.8) is 0 Å². The Hall–Kier alpha value is -1.53. The van der Waals surface area contributed by atoms with Crippen molar-refractivity contribution in [1.29, 1.82) is 0 Å². The summed E-state index contributed by atoms with van der Waals surface area (Å²) in [6, 6.07) is 3.96. The van der Waals surface area contributed by atoms with E-state index in [4.69, 9.17) is 14.0 Å². The molecule has 0 fully saturated rings. The lowest BCUT2D eigenvalue weighted by Gasteiger charge is -2.19. The molecule has 0 spiro atoms. The number of nitrogens with zero attached hydrogens (tertiary/aromatic N) is 2. The molecular formula is C16H21BrN2O3. The van der Waals surface area contributed by atoms with Crippen LogP contribution in [0.15, 0.2) is 21.1 Å². The lowest BCUT2D eigenvalue weighted by Crippen LogP contribution is -2.18. The van der Waals surface area contributed by atoms with E-state index in [1.54, 1.807) is 14.2 Å². The predicted molar refractivity (Wildman–Crippen MR) is 88.4 cm³/mol. The number of aromatic nitrogens is 1. The molecule has 120 valence electrons. The van der Waals surface area contributed by atoms with Crippen molar-refractivity contribution in [3.8, 4) is 11.5 Å². The van der Waals surface area contributed by atoms with E-state index in [1.807, 2.05) is 26.0 Å². The lowest BCUT2D eigenvalue weighted by molar-refractivity contribution is 0.311. The summed E-state index contributed by atoms with van der Waals surface area (Å²) in [6.07, 6.45) is 0. The van der Waals surface area contributed by atoms with E-state index in [2.05, 4.69) is 33.0 Å². The SMILES string of the molecule is COc1ccc(CN(C)Cc2c(C)noc2C)c(Br)c1OC. The molecule has 0 aliphatic rings. The lowest BCUT2D eigenvalue weighted by atomic mass is 10.1. The van der Waals surface area contributed by atoms with Gasteiger partial charge in [0.05, 0.1) is 24.4 Å². The fourth-order valence-electron chi connectivity index (χ4n) is 2.40. The van der Waals surface area contributed by atoms with Crippen molar-refractivity contribution < 1.29 is 14.0 Å². The molecule has 0 amide bonds. The van der Waals surface area contributed by atoms with E-state index in [0.29, 0.717) is 11.5 Å². The first-order valence-corrected chi connectivity index (χ1v) is 7.76. The monoisotopic (exact) mass is 368 g/mol. The van der Waals surface area contributed by atoms with Gasteiger partial charge in [-0.2, -0.15) is 0 Å². The summed E-state index contributed by atoms with van der Waals surface area (Å²) in [5.74, 6) is 2.30. The van der Waals surface area contributed by atoms with Crippen LogP contribution in [0.4, 0.5) is 0 Å².